The maximum Gasteiger partial charge on any atom is 0.227 e. The summed E-state index contributed by atoms with van der Waals surface area (Å²) in [5, 5.41) is 9.86. The summed E-state index contributed by atoms with van der Waals surface area (Å²) in [4.78, 5) is 27.7. The van der Waals surface area contributed by atoms with Crippen molar-refractivity contribution in [2.24, 2.45) is 0 Å². The van der Waals surface area contributed by atoms with E-state index >= 15 is 0 Å². The number of phenolic OH excluding ortho intramolecular Hbond substituents is 1. The van der Waals surface area contributed by atoms with Crippen molar-refractivity contribution in [2.45, 2.75) is 19.4 Å². The Balaban J connectivity index is 1.82. The number of benzene rings is 2. The van der Waals surface area contributed by atoms with Crippen LogP contribution in [0.15, 0.2) is 42.5 Å². The molecule has 2 aromatic carbocycles. The van der Waals surface area contributed by atoms with E-state index in [1.54, 1.807) is 23.1 Å². The Morgan fingerprint density at radius 2 is 1.78 bits per heavy atom. The van der Waals surface area contributed by atoms with Crippen LogP contribution in [0.1, 0.15) is 24.1 Å². The molecule has 0 aromatic heterocycles. The standard InChI is InChI=1S/C20H20F2N2O3/c1-13(25)24-7-6-23(20(27)10-14-4-2-3-5-19(14)26)12-18(24)15-8-16(21)11-17(22)9-15/h2-5,8-9,11,18,26H,6-7,10,12H2,1H3. The van der Waals surface area contributed by atoms with Gasteiger partial charge in [0, 0.05) is 38.2 Å². The van der Waals surface area contributed by atoms with Gasteiger partial charge in [-0.1, -0.05) is 18.2 Å². The van der Waals surface area contributed by atoms with Crippen molar-refractivity contribution < 1.29 is 23.5 Å². The summed E-state index contributed by atoms with van der Waals surface area (Å²) in [6.45, 7) is 2.11. The minimum atomic E-state index is -0.730. The molecule has 1 heterocycles. The smallest absolute Gasteiger partial charge is 0.227 e. The van der Waals surface area contributed by atoms with Crippen molar-refractivity contribution in [2.75, 3.05) is 19.6 Å². The third-order valence-electron chi connectivity index (χ3n) is 4.74. The van der Waals surface area contributed by atoms with Crippen LogP contribution >= 0.6 is 0 Å². The van der Waals surface area contributed by atoms with Crippen LogP contribution in [0.2, 0.25) is 0 Å². The van der Waals surface area contributed by atoms with Gasteiger partial charge in [-0.25, -0.2) is 8.78 Å². The molecule has 1 saturated heterocycles. The van der Waals surface area contributed by atoms with E-state index in [0.29, 0.717) is 17.7 Å². The van der Waals surface area contributed by atoms with Crippen LogP contribution in [0.4, 0.5) is 8.78 Å². The Morgan fingerprint density at radius 3 is 2.41 bits per heavy atom. The fourth-order valence-electron chi connectivity index (χ4n) is 3.37. The molecular formula is C20H20F2N2O3. The zero-order valence-corrected chi connectivity index (χ0v) is 14.9. The molecule has 0 saturated carbocycles. The quantitative estimate of drug-likeness (QED) is 0.899. The van der Waals surface area contributed by atoms with E-state index < -0.39 is 17.7 Å². The molecule has 2 aromatic rings. The normalized spacial score (nSPS) is 17.1. The molecule has 0 spiro atoms. The molecule has 142 valence electrons. The topological polar surface area (TPSA) is 60.9 Å². The summed E-state index contributed by atoms with van der Waals surface area (Å²) in [7, 11) is 0. The minimum absolute atomic E-state index is 0.0109. The van der Waals surface area contributed by atoms with Crippen LogP contribution in [0.3, 0.4) is 0 Å². The number of carbonyl (C=O) groups is 2. The highest BCUT2D eigenvalue weighted by Gasteiger charge is 2.32. The second-order valence-electron chi connectivity index (χ2n) is 6.58. The van der Waals surface area contributed by atoms with Crippen LogP contribution in [-0.2, 0) is 16.0 Å². The van der Waals surface area contributed by atoms with Crippen molar-refractivity contribution in [3.8, 4) is 5.75 Å². The summed E-state index contributed by atoms with van der Waals surface area (Å²) < 4.78 is 27.3. The highest BCUT2D eigenvalue weighted by molar-refractivity contribution is 5.80. The Kier molecular flexibility index (Phi) is 5.39. The van der Waals surface area contributed by atoms with Crippen LogP contribution < -0.4 is 0 Å². The number of phenols is 1. The zero-order chi connectivity index (χ0) is 19.6. The molecule has 1 unspecified atom stereocenters. The average Bonchev–Trinajstić information content (AvgIpc) is 2.62. The van der Waals surface area contributed by atoms with Crippen LogP contribution in [0, 0.1) is 11.6 Å². The van der Waals surface area contributed by atoms with Crippen LogP contribution in [0.25, 0.3) is 0 Å². The van der Waals surface area contributed by atoms with E-state index in [4.69, 9.17) is 0 Å². The maximum absolute atomic E-state index is 13.6. The Hall–Kier alpha value is -2.96. The molecule has 0 aliphatic carbocycles. The van der Waals surface area contributed by atoms with E-state index in [-0.39, 0.29) is 37.1 Å². The van der Waals surface area contributed by atoms with Crippen LogP contribution in [-0.4, -0.2) is 46.4 Å². The van der Waals surface area contributed by atoms with Gasteiger partial charge in [-0.3, -0.25) is 9.59 Å². The van der Waals surface area contributed by atoms with Gasteiger partial charge in [0.25, 0.3) is 0 Å². The van der Waals surface area contributed by atoms with Gasteiger partial charge in [-0.05, 0) is 23.8 Å². The van der Waals surface area contributed by atoms with Gasteiger partial charge >= 0.3 is 0 Å². The minimum Gasteiger partial charge on any atom is -0.508 e. The first-order valence-electron chi connectivity index (χ1n) is 8.63. The number of hydrogen-bond acceptors (Lipinski definition) is 3. The molecule has 1 fully saturated rings. The zero-order valence-electron chi connectivity index (χ0n) is 14.9. The van der Waals surface area contributed by atoms with Crippen LogP contribution in [0.5, 0.6) is 5.75 Å². The first kappa shape index (κ1) is 18.8. The van der Waals surface area contributed by atoms with E-state index in [0.717, 1.165) is 6.07 Å². The molecule has 0 radical (unpaired) electrons. The molecule has 1 atom stereocenters. The van der Waals surface area contributed by atoms with E-state index in [9.17, 15) is 23.5 Å². The first-order valence-corrected chi connectivity index (χ1v) is 8.63. The Morgan fingerprint density at radius 1 is 1.11 bits per heavy atom. The summed E-state index contributed by atoms with van der Waals surface area (Å²) in [6, 6.07) is 9.08. The lowest BCUT2D eigenvalue weighted by Crippen LogP contribution is -2.52. The maximum atomic E-state index is 13.6. The van der Waals surface area contributed by atoms with Gasteiger partial charge in [0.2, 0.25) is 11.8 Å². The molecule has 2 amide bonds. The lowest BCUT2D eigenvalue weighted by molar-refractivity contribution is -0.141. The Labute approximate surface area is 155 Å². The highest BCUT2D eigenvalue weighted by Crippen LogP contribution is 2.28. The Bertz CT molecular complexity index is 852. The summed E-state index contributed by atoms with van der Waals surface area (Å²) in [6.07, 6.45) is 0.0109. The van der Waals surface area contributed by atoms with Crippen molar-refractivity contribution in [3.63, 3.8) is 0 Å². The molecular weight excluding hydrogens is 354 g/mol. The van der Waals surface area contributed by atoms with Crippen molar-refractivity contribution >= 4 is 11.8 Å². The van der Waals surface area contributed by atoms with Gasteiger partial charge in [0.15, 0.2) is 0 Å². The number of rotatable bonds is 3. The number of piperazine rings is 1. The third kappa shape index (κ3) is 4.24. The lowest BCUT2D eigenvalue weighted by Gasteiger charge is -2.41. The number of nitrogens with zero attached hydrogens (tertiary/aromatic N) is 2. The summed E-state index contributed by atoms with van der Waals surface area (Å²) in [5.41, 5.74) is 0.813. The average molecular weight is 374 g/mol. The molecule has 3 rings (SSSR count). The first-order chi connectivity index (χ1) is 12.8. The lowest BCUT2D eigenvalue weighted by atomic mass is 10.0. The van der Waals surface area contributed by atoms with E-state index in [1.807, 2.05) is 0 Å². The molecule has 27 heavy (non-hydrogen) atoms. The van der Waals surface area contributed by atoms with Gasteiger partial charge in [-0.2, -0.15) is 0 Å². The van der Waals surface area contributed by atoms with Gasteiger partial charge < -0.3 is 14.9 Å². The molecule has 1 aliphatic heterocycles. The number of halogens is 2. The van der Waals surface area contributed by atoms with Gasteiger partial charge in [0.1, 0.15) is 17.4 Å². The largest absolute Gasteiger partial charge is 0.508 e. The van der Waals surface area contributed by atoms with Gasteiger partial charge in [-0.15, -0.1) is 0 Å². The number of aromatic hydroxyl groups is 1. The molecule has 0 bridgehead atoms. The highest BCUT2D eigenvalue weighted by atomic mass is 19.1. The second-order valence-corrected chi connectivity index (χ2v) is 6.58. The molecule has 7 heteroatoms. The fraction of sp³-hybridized carbons (Fsp3) is 0.300. The molecule has 1 aliphatic rings. The predicted octanol–water partition coefficient (Wildman–Crippen LogP) is 2.64. The van der Waals surface area contributed by atoms with E-state index in [1.165, 1.54) is 30.0 Å². The van der Waals surface area contributed by atoms with Crippen molar-refractivity contribution in [3.05, 3.63) is 65.2 Å². The molecule has 1 N–H and O–H groups in total. The predicted molar refractivity (Wildman–Crippen MR) is 94.9 cm³/mol. The van der Waals surface area contributed by atoms with Gasteiger partial charge in [0.05, 0.1) is 12.5 Å². The SMILES string of the molecule is CC(=O)N1CCN(C(=O)Cc2ccccc2O)CC1c1cc(F)cc(F)c1. The fourth-order valence-corrected chi connectivity index (χ4v) is 3.37. The molecule has 5 nitrogen and oxygen atoms in total. The monoisotopic (exact) mass is 374 g/mol. The van der Waals surface area contributed by atoms with E-state index in [2.05, 4.69) is 0 Å². The number of hydrogen-bond donors (Lipinski definition) is 1. The summed E-state index contributed by atoms with van der Waals surface area (Å²) >= 11 is 0. The van der Waals surface area contributed by atoms with Crippen molar-refractivity contribution in [1.82, 2.24) is 9.80 Å². The summed E-state index contributed by atoms with van der Waals surface area (Å²) in [5.74, 6) is -1.87. The third-order valence-corrected chi connectivity index (χ3v) is 4.74. The number of carbonyl (C=O) groups excluding carboxylic acids is 2. The second kappa shape index (κ2) is 7.73. The number of amides is 2. The number of para-hydroxylation sites is 1. The van der Waals surface area contributed by atoms with Crippen molar-refractivity contribution in [1.29, 1.82) is 0 Å².